The van der Waals surface area contributed by atoms with Crippen molar-refractivity contribution in [1.82, 2.24) is 0 Å². The number of hydrogen-bond donors (Lipinski definition) is 2. The molecule has 0 radical (unpaired) electrons. The Morgan fingerprint density at radius 2 is 1.95 bits per heavy atom. The molecule has 0 spiro atoms. The van der Waals surface area contributed by atoms with Crippen LogP contribution in [0.3, 0.4) is 0 Å². The van der Waals surface area contributed by atoms with Gasteiger partial charge in [-0.2, -0.15) is 0 Å². The van der Waals surface area contributed by atoms with E-state index >= 15 is 0 Å². The fourth-order valence-electron chi connectivity index (χ4n) is 1.77. The number of amides is 1. The molecule has 0 fully saturated rings. The number of carbonyl (C=O) groups is 1. The van der Waals surface area contributed by atoms with Gasteiger partial charge in [-0.05, 0) is 36.8 Å². The van der Waals surface area contributed by atoms with Crippen molar-refractivity contribution in [3.8, 4) is 5.75 Å². The first-order valence-electron chi connectivity index (χ1n) is 5.92. The molecule has 0 bridgehead atoms. The van der Waals surface area contributed by atoms with Gasteiger partial charge >= 0.3 is 0 Å². The molecule has 4 nitrogen and oxygen atoms in total. The van der Waals surface area contributed by atoms with Crippen molar-refractivity contribution in [2.45, 2.75) is 6.92 Å². The van der Waals surface area contributed by atoms with Gasteiger partial charge in [-0.3, -0.25) is 4.79 Å². The lowest BCUT2D eigenvalue weighted by atomic mass is 10.1. The van der Waals surface area contributed by atoms with Crippen molar-refractivity contribution < 1.29 is 9.53 Å². The van der Waals surface area contributed by atoms with Crippen LogP contribution in [0.2, 0.25) is 0 Å². The average molecular weight is 256 g/mol. The van der Waals surface area contributed by atoms with E-state index in [4.69, 9.17) is 10.5 Å². The smallest absolute Gasteiger partial charge is 0.255 e. The molecule has 0 atom stereocenters. The first-order valence-corrected chi connectivity index (χ1v) is 5.92. The maximum absolute atomic E-state index is 12.1. The number of rotatable bonds is 3. The molecule has 2 rings (SSSR count). The van der Waals surface area contributed by atoms with E-state index in [1.807, 2.05) is 25.1 Å². The maximum atomic E-state index is 12.1. The number of methoxy groups -OCH3 is 1. The summed E-state index contributed by atoms with van der Waals surface area (Å²) in [6, 6.07) is 12.5. The number of anilines is 2. The number of aryl methyl sites for hydroxylation is 1. The summed E-state index contributed by atoms with van der Waals surface area (Å²) in [6.45, 7) is 1.93. The number of carbonyl (C=O) groups excluding carboxylic acids is 1. The summed E-state index contributed by atoms with van der Waals surface area (Å²) in [7, 11) is 1.58. The highest BCUT2D eigenvalue weighted by atomic mass is 16.5. The molecule has 1 amide bonds. The first-order chi connectivity index (χ1) is 9.11. The summed E-state index contributed by atoms with van der Waals surface area (Å²) in [4.78, 5) is 12.1. The van der Waals surface area contributed by atoms with Gasteiger partial charge < -0.3 is 15.8 Å². The Morgan fingerprint density at radius 1 is 1.21 bits per heavy atom. The summed E-state index contributed by atoms with van der Waals surface area (Å²) in [5, 5.41) is 2.78. The van der Waals surface area contributed by atoms with Gasteiger partial charge in [0, 0.05) is 5.56 Å². The Morgan fingerprint density at radius 3 is 2.63 bits per heavy atom. The molecular formula is C15H16N2O2. The van der Waals surface area contributed by atoms with Crippen molar-refractivity contribution in [3.63, 3.8) is 0 Å². The molecule has 4 heteroatoms. The quantitative estimate of drug-likeness (QED) is 0.830. The van der Waals surface area contributed by atoms with Crippen LogP contribution in [0.15, 0.2) is 42.5 Å². The van der Waals surface area contributed by atoms with Crippen LogP contribution in [0, 0.1) is 6.92 Å². The van der Waals surface area contributed by atoms with E-state index in [-0.39, 0.29) is 5.91 Å². The Bertz CT molecular complexity index is 609. The van der Waals surface area contributed by atoms with Crippen LogP contribution in [0.4, 0.5) is 11.4 Å². The van der Waals surface area contributed by atoms with Gasteiger partial charge in [0.2, 0.25) is 0 Å². The van der Waals surface area contributed by atoms with Gasteiger partial charge in [0.05, 0.1) is 18.5 Å². The molecule has 2 aromatic rings. The molecular weight excluding hydrogens is 240 g/mol. The number of ether oxygens (including phenoxy) is 1. The Kier molecular flexibility index (Phi) is 3.71. The van der Waals surface area contributed by atoms with Crippen LogP contribution in [-0.2, 0) is 0 Å². The van der Waals surface area contributed by atoms with Crippen LogP contribution in [0.5, 0.6) is 5.75 Å². The van der Waals surface area contributed by atoms with Crippen LogP contribution in [-0.4, -0.2) is 13.0 Å². The van der Waals surface area contributed by atoms with Crippen molar-refractivity contribution in [1.29, 1.82) is 0 Å². The molecule has 3 N–H and O–H groups in total. The minimum Gasteiger partial charge on any atom is -0.496 e. The van der Waals surface area contributed by atoms with Crippen molar-refractivity contribution in [2.24, 2.45) is 0 Å². The number of para-hydroxylation sites is 2. The van der Waals surface area contributed by atoms with Gasteiger partial charge in [0.25, 0.3) is 5.91 Å². The number of benzene rings is 2. The summed E-state index contributed by atoms with van der Waals surface area (Å²) in [6.07, 6.45) is 0. The fraction of sp³-hybridized carbons (Fsp3) is 0.133. The van der Waals surface area contributed by atoms with Crippen molar-refractivity contribution in [3.05, 3.63) is 53.6 Å². The largest absolute Gasteiger partial charge is 0.496 e. The lowest BCUT2D eigenvalue weighted by Gasteiger charge is -2.10. The molecule has 0 aliphatic heterocycles. The molecule has 0 saturated heterocycles. The van der Waals surface area contributed by atoms with E-state index in [1.54, 1.807) is 31.4 Å². The van der Waals surface area contributed by atoms with Gasteiger partial charge in [0.15, 0.2) is 0 Å². The van der Waals surface area contributed by atoms with Gasteiger partial charge in [0.1, 0.15) is 5.75 Å². The lowest BCUT2D eigenvalue weighted by molar-refractivity contribution is 0.102. The molecule has 98 valence electrons. The van der Waals surface area contributed by atoms with E-state index in [0.29, 0.717) is 22.7 Å². The fourth-order valence-corrected chi connectivity index (χ4v) is 1.77. The SMILES string of the molecule is COc1cc(C(=O)Nc2ccccc2N)ccc1C. The minimum absolute atomic E-state index is 0.212. The molecule has 19 heavy (non-hydrogen) atoms. The predicted molar refractivity (Wildman–Crippen MR) is 76.5 cm³/mol. The third-order valence-electron chi connectivity index (χ3n) is 2.88. The van der Waals surface area contributed by atoms with Crippen LogP contribution < -0.4 is 15.8 Å². The highest BCUT2D eigenvalue weighted by molar-refractivity contribution is 6.06. The van der Waals surface area contributed by atoms with E-state index in [1.165, 1.54) is 0 Å². The van der Waals surface area contributed by atoms with E-state index in [0.717, 1.165) is 5.56 Å². The van der Waals surface area contributed by atoms with Crippen molar-refractivity contribution >= 4 is 17.3 Å². The second-order valence-corrected chi connectivity index (χ2v) is 4.23. The van der Waals surface area contributed by atoms with Gasteiger partial charge in [-0.25, -0.2) is 0 Å². The zero-order valence-corrected chi connectivity index (χ0v) is 10.9. The zero-order valence-electron chi connectivity index (χ0n) is 10.9. The average Bonchev–Trinajstić information content (AvgIpc) is 2.42. The standard InChI is InChI=1S/C15H16N2O2/c1-10-7-8-11(9-14(10)19-2)15(18)17-13-6-4-3-5-12(13)16/h3-9H,16H2,1-2H3,(H,17,18). The highest BCUT2D eigenvalue weighted by Gasteiger charge is 2.09. The van der Waals surface area contributed by atoms with Crippen LogP contribution in [0.1, 0.15) is 15.9 Å². The number of nitrogens with one attached hydrogen (secondary N) is 1. The van der Waals surface area contributed by atoms with Gasteiger partial charge in [-0.15, -0.1) is 0 Å². The summed E-state index contributed by atoms with van der Waals surface area (Å²) in [5.74, 6) is 0.477. The maximum Gasteiger partial charge on any atom is 0.255 e. The monoisotopic (exact) mass is 256 g/mol. The van der Waals surface area contributed by atoms with Crippen LogP contribution >= 0.6 is 0 Å². The van der Waals surface area contributed by atoms with Crippen molar-refractivity contribution in [2.75, 3.05) is 18.2 Å². The summed E-state index contributed by atoms with van der Waals surface area (Å²) >= 11 is 0. The third-order valence-corrected chi connectivity index (χ3v) is 2.88. The second kappa shape index (κ2) is 5.44. The molecule has 0 aliphatic carbocycles. The predicted octanol–water partition coefficient (Wildman–Crippen LogP) is 2.84. The topological polar surface area (TPSA) is 64.3 Å². The van der Waals surface area contributed by atoms with Crippen LogP contribution in [0.25, 0.3) is 0 Å². The Labute approximate surface area is 112 Å². The molecule has 0 aromatic heterocycles. The molecule has 0 unspecified atom stereocenters. The first kappa shape index (κ1) is 13.0. The Balaban J connectivity index is 2.23. The molecule has 0 aliphatic rings. The number of hydrogen-bond acceptors (Lipinski definition) is 3. The molecule has 0 saturated carbocycles. The van der Waals surface area contributed by atoms with E-state index in [2.05, 4.69) is 5.32 Å². The molecule has 2 aromatic carbocycles. The lowest BCUT2D eigenvalue weighted by Crippen LogP contribution is -2.13. The normalized spacial score (nSPS) is 10.0. The Hall–Kier alpha value is -2.49. The highest BCUT2D eigenvalue weighted by Crippen LogP contribution is 2.21. The van der Waals surface area contributed by atoms with Gasteiger partial charge in [-0.1, -0.05) is 18.2 Å². The minimum atomic E-state index is -0.212. The van der Waals surface area contributed by atoms with E-state index in [9.17, 15) is 4.79 Å². The molecule has 0 heterocycles. The summed E-state index contributed by atoms with van der Waals surface area (Å²) in [5.41, 5.74) is 8.45. The second-order valence-electron chi connectivity index (χ2n) is 4.23. The number of nitrogen functional groups attached to an aromatic ring is 1. The third kappa shape index (κ3) is 2.85. The summed E-state index contributed by atoms with van der Waals surface area (Å²) < 4.78 is 5.21. The number of nitrogens with two attached hydrogens (primary N) is 1. The van der Waals surface area contributed by atoms with E-state index < -0.39 is 0 Å². The zero-order chi connectivity index (χ0) is 13.8.